The van der Waals surface area contributed by atoms with Crippen LogP contribution in [-0.4, -0.2) is 16.7 Å². The van der Waals surface area contributed by atoms with E-state index in [1.54, 1.807) is 12.1 Å². The Labute approximate surface area is 149 Å². The maximum absolute atomic E-state index is 12.8. The number of hydrogen-bond acceptors (Lipinski definition) is 3. The normalized spacial score (nSPS) is 10.5. The van der Waals surface area contributed by atoms with Crippen molar-refractivity contribution in [2.75, 3.05) is 0 Å². The summed E-state index contributed by atoms with van der Waals surface area (Å²) in [6, 6.07) is 7.77. The number of halogens is 3. The number of pyridine rings is 1. The predicted molar refractivity (Wildman–Crippen MR) is 93.4 cm³/mol. The number of carbonyl (C=O) groups is 1. The monoisotopic (exact) mass is 367 g/mol. The molecule has 7 heteroatoms. The van der Waals surface area contributed by atoms with Gasteiger partial charge in [0.2, 0.25) is 0 Å². The van der Waals surface area contributed by atoms with Crippen molar-refractivity contribution in [3.05, 3.63) is 63.6 Å². The lowest BCUT2D eigenvalue weighted by Crippen LogP contribution is -2.30. The summed E-state index contributed by atoms with van der Waals surface area (Å²) in [7, 11) is 0. The van der Waals surface area contributed by atoms with Crippen LogP contribution < -0.4 is 5.32 Å². The SMILES string of the molecule is N=C(CCCCc1ccc(F)cc1)NC(=O)c1cc(Cl)cnc1Cl. The summed E-state index contributed by atoms with van der Waals surface area (Å²) in [5.74, 6) is -0.647. The number of benzene rings is 1. The fourth-order valence-electron chi connectivity index (χ4n) is 2.13. The van der Waals surface area contributed by atoms with Crippen molar-refractivity contribution in [1.29, 1.82) is 5.41 Å². The molecule has 0 spiro atoms. The maximum Gasteiger partial charge on any atom is 0.259 e. The maximum atomic E-state index is 12.8. The van der Waals surface area contributed by atoms with Crippen molar-refractivity contribution in [2.45, 2.75) is 25.7 Å². The van der Waals surface area contributed by atoms with E-state index in [4.69, 9.17) is 28.6 Å². The van der Waals surface area contributed by atoms with E-state index in [2.05, 4.69) is 10.3 Å². The summed E-state index contributed by atoms with van der Waals surface area (Å²) >= 11 is 11.6. The Morgan fingerprint density at radius 2 is 1.92 bits per heavy atom. The molecule has 0 aliphatic rings. The lowest BCUT2D eigenvalue weighted by Gasteiger charge is -2.08. The first-order valence-electron chi connectivity index (χ1n) is 7.40. The zero-order valence-electron chi connectivity index (χ0n) is 12.8. The molecule has 0 aliphatic heterocycles. The van der Waals surface area contributed by atoms with Crippen LogP contribution in [0, 0.1) is 11.2 Å². The third-order valence-corrected chi connectivity index (χ3v) is 3.88. The third-order valence-electron chi connectivity index (χ3n) is 3.37. The first kappa shape index (κ1) is 18.4. The molecule has 0 saturated heterocycles. The van der Waals surface area contributed by atoms with E-state index in [1.165, 1.54) is 24.4 Å². The number of hydrogen-bond donors (Lipinski definition) is 2. The summed E-state index contributed by atoms with van der Waals surface area (Å²) in [5, 5.41) is 10.7. The smallest absolute Gasteiger partial charge is 0.259 e. The van der Waals surface area contributed by atoms with Crippen LogP contribution in [0.3, 0.4) is 0 Å². The minimum absolute atomic E-state index is 0.0426. The number of aryl methyl sites for hydroxylation is 1. The quantitative estimate of drug-likeness (QED) is 0.337. The number of amidine groups is 1. The fourth-order valence-corrected chi connectivity index (χ4v) is 2.48. The van der Waals surface area contributed by atoms with Crippen LogP contribution in [0.2, 0.25) is 10.2 Å². The Balaban J connectivity index is 1.75. The van der Waals surface area contributed by atoms with Crippen molar-refractivity contribution in [2.24, 2.45) is 0 Å². The minimum Gasteiger partial charge on any atom is -0.310 e. The van der Waals surface area contributed by atoms with Crippen LogP contribution >= 0.6 is 23.2 Å². The summed E-state index contributed by atoms with van der Waals surface area (Å²) in [6.07, 6.45) is 4.15. The molecule has 1 aromatic heterocycles. The fraction of sp³-hybridized carbons (Fsp3) is 0.235. The average molecular weight is 368 g/mol. The standard InChI is InChI=1S/C17H16Cl2FN3O/c18-12-9-14(16(19)22-10-12)17(24)23-15(21)4-2-1-3-11-5-7-13(20)8-6-11/h5-10H,1-4H2,(H2,21,23,24). The molecule has 1 heterocycles. The van der Waals surface area contributed by atoms with E-state index in [0.29, 0.717) is 11.4 Å². The Morgan fingerprint density at radius 1 is 1.21 bits per heavy atom. The second-order valence-corrected chi connectivity index (χ2v) is 6.05. The summed E-state index contributed by atoms with van der Waals surface area (Å²) in [4.78, 5) is 15.8. The number of unbranched alkanes of at least 4 members (excludes halogenated alkanes) is 1. The number of amides is 1. The van der Waals surface area contributed by atoms with Gasteiger partial charge in [0, 0.05) is 12.6 Å². The molecule has 0 bridgehead atoms. The molecule has 0 aliphatic carbocycles. The van der Waals surface area contributed by atoms with Gasteiger partial charge < -0.3 is 5.32 Å². The van der Waals surface area contributed by atoms with E-state index >= 15 is 0 Å². The van der Waals surface area contributed by atoms with Crippen LogP contribution in [0.25, 0.3) is 0 Å². The Hall–Kier alpha value is -1.98. The third kappa shape index (κ3) is 5.58. The molecule has 2 N–H and O–H groups in total. The zero-order valence-corrected chi connectivity index (χ0v) is 14.3. The first-order valence-corrected chi connectivity index (χ1v) is 8.15. The first-order chi connectivity index (χ1) is 11.5. The van der Waals surface area contributed by atoms with Gasteiger partial charge in [-0.25, -0.2) is 9.37 Å². The molecule has 126 valence electrons. The zero-order chi connectivity index (χ0) is 17.5. The van der Waals surface area contributed by atoms with Gasteiger partial charge in [-0.1, -0.05) is 35.3 Å². The molecule has 24 heavy (non-hydrogen) atoms. The Morgan fingerprint density at radius 3 is 2.62 bits per heavy atom. The van der Waals surface area contributed by atoms with Crippen LogP contribution in [0.1, 0.15) is 35.2 Å². The van der Waals surface area contributed by atoms with Crippen molar-refractivity contribution < 1.29 is 9.18 Å². The van der Waals surface area contributed by atoms with Gasteiger partial charge >= 0.3 is 0 Å². The number of aromatic nitrogens is 1. The molecule has 0 radical (unpaired) electrons. The van der Waals surface area contributed by atoms with E-state index < -0.39 is 5.91 Å². The molecule has 4 nitrogen and oxygen atoms in total. The summed E-state index contributed by atoms with van der Waals surface area (Å²) in [6.45, 7) is 0. The lowest BCUT2D eigenvalue weighted by molar-refractivity contribution is 0.0976. The Kier molecular flexibility index (Phi) is 6.70. The number of carbonyl (C=O) groups excluding carboxylic acids is 1. The molecular weight excluding hydrogens is 352 g/mol. The van der Waals surface area contributed by atoms with Gasteiger partial charge in [0.1, 0.15) is 16.8 Å². The number of nitrogens with one attached hydrogen (secondary N) is 2. The molecular formula is C17H16Cl2FN3O. The largest absolute Gasteiger partial charge is 0.310 e. The predicted octanol–water partition coefficient (Wildman–Crippen LogP) is 4.65. The van der Waals surface area contributed by atoms with Crippen molar-refractivity contribution in [1.82, 2.24) is 10.3 Å². The van der Waals surface area contributed by atoms with Gasteiger partial charge in [-0.05, 0) is 43.0 Å². The summed E-state index contributed by atoms with van der Waals surface area (Å²) < 4.78 is 12.8. The van der Waals surface area contributed by atoms with Crippen molar-refractivity contribution in [3.8, 4) is 0 Å². The van der Waals surface area contributed by atoms with Gasteiger partial charge in [0.15, 0.2) is 0 Å². The van der Waals surface area contributed by atoms with Gasteiger partial charge in [-0.2, -0.15) is 0 Å². The number of nitrogens with zero attached hydrogens (tertiary/aromatic N) is 1. The minimum atomic E-state index is -0.501. The van der Waals surface area contributed by atoms with Gasteiger partial charge in [0.25, 0.3) is 5.91 Å². The molecule has 2 aromatic rings. The molecule has 0 saturated carbocycles. The Bertz CT molecular complexity index is 735. The van der Waals surface area contributed by atoms with Gasteiger partial charge in [-0.15, -0.1) is 0 Å². The second-order valence-electron chi connectivity index (χ2n) is 5.26. The van der Waals surface area contributed by atoms with E-state index in [0.717, 1.165) is 24.8 Å². The van der Waals surface area contributed by atoms with E-state index in [9.17, 15) is 9.18 Å². The second kappa shape index (κ2) is 8.76. The van der Waals surface area contributed by atoms with E-state index in [-0.39, 0.29) is 22.4 Å². The highest BCUT2D eigenvalue weighted by molar-refractivity contribution is 6.35. The molecule has 1 amide bonds. The molecule has 0 fully saturated rings. The van der Waals surface area contributed by atoms with Gasteiger partial charge in [0.05, 0.1) is 10.6 Å². The highest BCUT2D eigenvalue weighted by atomic mass is 35.5. The van der Waals surface area contributed by atoms with Crippen molar-refractivity contribution >= 4 is 34.9 Å². The topological polar surface area (TPSA) is 65.8 Å². The molecule has 0 unspecified atom stereocenters. The highest BCUT2D eigenvalue weighted by Crippen LogP contribution is 2.17. The average Bonchev–Trinajstić information content (AvgIpc) is 2.55. The van der Waals surface area contributed by atoms with Gasteiger partial charge in [-0.3, -0.25) is 10.2 Å². The molecule has 0 atom stereocenters. The van der Waals surface area contributed by atoms with Crippen molar-refractivity contribution in [3.63, 3.8) is 0 Å². The van der Waals surface area contributed by atoms with Crippen LogP contribution in [0.15, 0.2) is 36.5 Å². The molecule has 2 rings (SSSR count). The molecule has 1 aromatic carbocycles. The number of rotatable bonds is 6. The van der Waals surface area contributed by atoms with Crippen LogP contribution in [0.5, 0.6) is 0 Å². The summed E-state index contributed by atoms with van der Waals surface area (Å²) in [5.41, 5.74) is 1.18. The lowest BCUT2D eigenvalue weighted by atomic mass is 10.1. The van der Waals surface area contributed by atoms with Crippen LogP contribution in [0.4, 0.5) is 4.39 Å². The van der Waals surface area contributed by atoms with Crippen LogP contribution in [-0.2, 0) is 6.42 Å². The highest BCUT2D eigenvalue weighted by Gasteiger charge is 2.13. The van der Waals surface area contributed by atoms with E-state index in [1.807, 2.05) is 0 Å².